The Bertz CT molecular complexity index is 756. The van der Waals surface area contributed by atoms with Crippen molar-refractivity contribution in [3.63, 3.8) is 0 Å². The van der Waals surface area contributed by atoms with E-state index in [4.69, 9.17) is 18.3 Å². The number of benzene rings is 1. The molecule has 0 spiro atoms. The third kappa shape index (κ3) is 12.6. The molecule has 0 aliphatic carbocycles. The molecule has 0 unspecified atom stereocenters. The molecule has 8 heteroatoms. The Labute approximate surface area is 194 Å². The summed E-state index contributed by atoms with van der Waals surface area (Å²) in [6.45, 7) is 17.8. The molecule has 0 radical (unpaired) electrons. The fraction of sp³-hybridized carbons (Fsp3) is 0.708. The number of ether oxygens (including phenoxy) is 1. The number of amides is 1. The normalized spacial score (nSPS) is 15.2. The van der Waals surface area contributed by atoms with Gasteiger partial charge in [0, 0.05) is 0 Å². The van der Waals surface area contributed by atoms with Crippen LogP contribution in [0.25, 0.3) is 0 Å². The van der Waals surface area contributed by atoms with Gasteiger partial charge in [-0.2, -0.15) is 0 Å². The first-order chi connectivity index (χ1) is 14.3. The molecule has 0 bridgehead atoms. The highest BCUT2D eigenvalue weighted by Gasteiger charge is 2.40. The molecule has 0 aliphatic rings. The van der Waals surface area contributed by atoms with Gasteiger partial charge in [0.15, 0.2) is 0 Å². The minimum atomic E-state index is -3.93. The Morgan fingerprint density at radius 3 is 1.78 bits per heavy atom. The Kier molecular flexibility index (Phi) is 9.56. The highest BCUT2D eigenvalue weighted by Crippen LogP contribution is 2.55. The molecule has 1 amide bonds. The number of rotatable bonds is 9. The molecule has 1 N–H and O–H groups in total. The number of hydrogen-bond acceptors (Lipinski definition) is 6. The average molecular weight is 472 g/mol. The topological polar surface area (TPSA) is 83.1 Å². The molecule has 32 heavy (non-hydrogen) atoms. The van der Waals surface area contributed by atoms with Gasteiger partial charge in [0.2, 0.25) is 0 Å². The van der Waals surface area contributed by atoms with Crippen molar-refractivity contribution in [2.24, 2.45) is 0 Å². The number of carbonyl (C=O) groups excluding carboxylic acids is 1. The van der Waals surface area contributed by atoms with Gasteiger partial charge in [-0.25, -0.2) is 9.36 Å². The molecule has 7 nitrogen and oxygen atoms in total. The van der Waals surface area contributed by atoms with Crippen LogP contribution in [0.4, 0.5) is 4.79 Å². The molecule has 0 aromatic heterocycles. The number of hydrogen-bond donors (Lipinski definition) is 1. The zero-order chi connectivity index (χ0) is 24.8. The average Bonchev–Trinajstić information content (AvgIpc) is 2.54. The maximum atomic E-state index is 13.5. The van der Waals surface area contributed by atoms with E-state index in [2.05, 4.69) is 5.32 Å². The predicted molar refractivity (Wildman–Crippen MR) is 128 cm³/mol. The van der Waals surface area contributed by atoms with Crippen molar-refractivity contribution in [3.05, 3.63) is 35.9 Å². The van der Waals surface area contributed by atoms with E-state index in [-0.39, 0.29) is 6.61 Å². The number of nitrogens with one attached hydrogen (secondary N) is 1. The van der Waals surface area contributed by atoms with E-state index in [0.29, 0.717) is 12.8 Å². The van der Waals surface area contributed by atoms with Crippen molar-refractivity contribution in [2.75, 3.05) is 6.61 Å². The van der Waals surface area contributed by atoms with Crippen molar-refractivity contribution < 1.29 is 27.7 Å². The van der Waals surface area contributed by atoms with E-state index < -0.39 is 36.3 Å². The molecule has 1 rings (SSSR count). The first-order valence-electron chi connectivity index (χ1n) is 11.0. The lowest BCUT2D eigenvalue weighted by atomic mass is 9.94. The van der Waals surface area contributed by atoms with Crippen molar-refractivity contribution >= 4 is 13.9 Å². The van der Waals surface area contributed by atoms with Gasteiger partial charge in [-0.05, 0) is 87.6 Å². The van der Waals surface area contributed by atoms with Crippen LogP contribution < -0.4 is 5.32 Å². The second-order valence-electron chi connectivity index (χ2n) is 11.3. The number of phosphoric ester groups is 1. The van der Waals surface area contributed by atoms with Crippen LogP contribution in [0.3, 0.4) is 0 Å². The quantitative estimate of drug-likeness (QED) is 0.406. The number of aryl methyl sites for hydroxylation is 1. The second-order valence-corrected chi connectivity index (χ2v) is 12.8. The standard InChI is InChI=1S/C24H42NO6P/c1-21(2,3)29-20(26)25-24(10,17-16-19-14-12-11-13-15-19)18-28-32(27,30-22(4,5)6)31-23(7,8)9/h11-15H,16-18H2,1-10H3,(H,25,26)/t24-/m1/s1. The molecule has 1 aromatic carbocycles. The van der Waals surface area contributed by atoms with Crippen molar-refractivity contribution in [2.45, 2.75) is 104 Å². The first kappa shape index (κ1) is 28.6. The summed E-state index contributed by atoms with van der Waals surface area (Å²) in [5.74, 6) is 0. The summed E-state index contributed by atoms with van der Waals surface area (Å²) in [6, 6.07) is 9.92. The molecule has 0 fully saturated rings. The van der Waals surface area contributed by atoms with Crippen molar-refractivity contribution in [1.82, 2.24) is 5.32 Å². The SMILES string of the molecule is CC(C)(C)OC(=O)N[C@](C)(CCc1ccccc1)COP(=O)(OC(C)(C)C)OC(C)(C)C. The number of phosphoric acid groups is 1. The summed E-state index contributed by atoms with van der Waals surface area (Å²) in [6.07, 6.45) is 0.641. The van der Waals surface area contributed by atoms with E-state index in [0.717, 1.165) is 5.56 Å². The zero-order valence-electron chi connectivity index (χ0n) is 21.4. The lowest BCUT2D eigenvalue weighted by Gasteiger charge is -2.35. The largest absolute Gasteiger partial charge is 0.475 e. The molecular formula is C24H42NO6P. The molecule has 0 heterocycles. The number of alkyl carbamates (subject to hydrolysis) is 1. The van der Waals surface area contributed by atoms with E-state index in [1.165, 1.54) is 0 Å². The molecule has 0 saturated carbocycles. The van der Waals surface area contributed by atoms with Crippen LogP contribution in [-0.4, -0.2) is 35.0 Å². The minimum absolute atomic E-state index is 0.0808. The van der Waals surface area contributed by atoms with Crippen LogP contribution in [0, 0.1) is 0 Å². The van der Waals surface area contributed by atoms with Gasteiger partial charge >= 0.3 is 13.9 Å². The smallest absolute Gasteiger partial charge is 0.444 e. The Morgan fingerprint density at radius 1 is 0.844 bits per heavy atom. The monoisotopic (exact) mass is 471 g/mol. The maximum Gasteiger partial charge on any atom is 0.475 e. The minimum Gasteiger partial charge on any atom is -0.444 e. The molecular weight excluding hydrogens is 429 g/mol. The van der Waals surface area contributed by atoms with Crippen LogP contribution in [0.1, 0.15) is 81.2 Å². The van der Waals surface area contributed by atoms with Crippen molar-refractivity contribution in [3.8, 4) is 0 Å². The third-order valence-electron chi connectivity index (χ3n) is 3.92. The second kappa shape index (κ2) is 10.7. The zero-order valence-corrected chi connectivity index (χ0v) is 22.3. The Balaban J connectivity index is 3.07. The Morgan fingerprint density at radius 2 is 1.34 bits per heavy atom. The van der Waals surface area contributed by atoms with Crippen LogP contribution in [0.2, 0.25) is 0 Å². The number of carbonyl (C=O) groups is 1. The van der Waals surface area contributed by atoms with Gasteiger partial charge < -0.3 is 10.1 Å². The maximum absolute atomic E-state index is 13.5. The Hall–Kier alpha value is -1.40. The predicted octanol–water partition coefficient (Wildman–Crippen LogP) is 6.66. The highest BCUT2D eigenvalue weighted by atomic mass is 31.2. The van der Waals surface area contributed by atoms with Gasteiger partial charge in [-0.3, -0.25) is 13.6 Å². The summed E-state index contributed by atoms with van der Waals surface area (Å²) in [4.78, 5) is 12.5. The van der Waals surface area contributed by atoms with Crippen LogP contribution in [-0.2, 0) is 29.3 Å². The fourth-order valence-corrected chi connectivity index (χ4v) is 4.68. The summed E-state index contributed by atoms with van der Waals surface area (Å²) in [5, 5.41) is 2.90. The van der Waals surface area contributed by atoms with Crippen LogP contribution in [0.5, 0.6) is 0 Å². The highest BCUT2D eigenvalue weighted by molar-refractivity contribution is 7.48. The van der Waals surface area contributed by atoms with E-state index in [9.17, 15) is 9.36 Å². The molecule has 0 saturated heterocycles. The van der Waals surface area contributed by atoms with Gasteiger partial charge in [0.1, 0.15) is 5.60 Å². The first-order valence-corrected chi connectivity index (χ1v) is 12.5. The molecule has 0 aliphatic heterocycles. The van der Waals surface area contributed by atoms with Crippen LogP contribution >= 0.6 is 7.82 Å². The summed E-state index contributed by atoms with van der Waals surface area (Å²) >= 11 is 0. The molecule has 1 atom stereocenters. The van der Waals surface area contributed by atoms with E-state index in [1.807, 2.05) is 37.3 Å². The summed E-state index contributed by atoms with van der Waals surface area (Å²) < 4.78 is 36.1. The fourth-order valence-electron chi connectivity index (χ4n) is 2.75. The van der Waals surface area contributed by atoms with Gasteiger partial charge in [-0.1, -0.05) is 30.3 Å². The molecule has 1 aromatic rings. The summed E-state index contributed by atoms with van der Waals surface area (Å²) in [5.41, 5.74) is -1.91. The van der Waals surface area contributed by atoms with E-state index in [1.54, 1.807) is 62.3 Å². The lowest BCUT2D eigenvalue weighted by Crippen LogP contribution is -2.51. The summed E-state index contributed by atoms with van der Waals surface area (Å²) in [7, 11) is -3.93. The van der Waals surface area contributed by atoms with Gasteiger partial charge in [-0.15, -0.1) is 0 Å². The third-order valence-corrected chi connectivity index (χ3v) is 5.91. The lowest BCUT2D eigenvalue weighted by molar-refractivity contribution is -0.00737. The van der Waals surface area contributed by atoms with Crippen LogP contribution in [0.15, 0.2) is 30.3 Å². The van der Waals surface area contributed by atoms with Crippen molar-refractivity contribution in [1.29, 1.82) is 0 Å². The molecule has 184 valence electrons. The van der Waals surface area contributed by atoms with Gasteiger partial charge in [0.25, 0.3) is 0 Å². The van der Waals surface area contributed by atoms with E-state index >= 15 is 0 Å². The van der Waals surface area contributed by atoms with Gasteiger partial charge in [0.05, 0.1) is 23.3 Å².